The Bertz CT molecular complexity index is 632. The number of hydrogen-bond acceptors (Lipinski definition) is 3. The van der Waals surface area contributed by atoms with Gasteiger partial charge in [-0.1, -0.05) is 30.7 Å². The highest BCUT2D eigenvalue weighted by Crippen LogP contribution is 2.29. The average molecular weight is 338 g/mol. The van der Waals surface area contributed by atoms with Crippen molar-refractivity contribution in [1.82, 2.24) is 15.5 Å². The molecule has 0 spiro atoms. The second-order valence-corrected chi connectivity index (χ2v) is 6.27. The van der Waals surface area contributed by atoms with Crippen molar-refractivity contribution in [3.63, 3.8) is 0 Å². The molecule has 1 aromatic carbocycles. The van der Waals surface area contributed by atoms with E-state index in [4.69, 9.17) is 11.6 Å². The van der Waals surface area contributed by atoms with Gasteiger partial charge in [-0.25, -0.2) is 4.79 Å². The fraction of sp³-hybridized carbons (Fsp3) is 0.438. The summed E-state index contributed by atoms with van der Waals surface area (Å²) in [6.45, 7) is 5.12. The first-order chi connectivity index (χ1) is 10.8. The van der Waals surface area contributed by atoms with E-state index in [1.165, 1.54) is 0 Å². The smallest absolute Gasteiger partial charge is 0.325 e. The first-order valence-electron chi connectivity index (χ1n) is 7.47. The van der Waals surface area contributed by atoms with Crippen molar-refractivity contribution in [2.45, 2.75) is 38.8 Å². The number of carbonyl (C=O) groups excluding carboxylic acids is 3. The van der Waals surface area contributed by atoms with E-state index in [2.05, 4.69) is 10.6 Å². The molecule has 2 atom stereocenters. The molecule has 0 aromatic heterocycles. The number of hydrogen-bond donors (Lipinski definition) is 2. The average Bonchev–Trinajstić information content (AvgIpc) is 2.72. The molecule has 2 rings (SSSR count). The summed E-state index contributed by atoms with van der Waals surface area (Å²) in [6.07, 6.45) is 0.772. The monoisotopic (exact) mass is 337 g/mol. The molecule has 124 valence electrons. The van der Waals surface area contributed by atoms with E-state index < -0.39 is 17.5 Å². The van der Waals surface area contributed by atoms with Crippen molar-refractivity contribution in [1.29, 1.82) is 0 Å². The number of imide groups is 1. The molecule has 1 aromatic rings. The number of benzene rings is 1. The van der Waals surface area contributed by atoms with Crippen molar-refractivity contribution in [3.05, 3.63) is 34.9 Å². The van der Waals surface area contributed by atoms with Crippen molar-refractivity contribution in [3.8, 4) is 0 Å². The van der Waals surface area contributed by atoms with E-state index >= 15 is 0 Å². The van der Waals surface area contributed by atoms with Crippen LogP contribution in [0.5, 0.6) is 0 Å². The number of amides is 4. The lowest BCUT2D eigenvalue weighted by Crippen LogP contribution is -2.44. The van der Waals surface area contributed by atoms with Crippen LogP contribution in [0.15, 0.2) is 24.3 Å². The summed E-state index contributed by atoms with van der Waals surface area (Å²) in [5.41, 5.74) is -0.580. The lowest BCUT2D eigenvalue weighted by molar-refractivity contribution is -0.135. The van der Waals surface area contributed by atoms with Crippen molar-refractivity contribution >= 4 is 29.4 Å². The Morgan fingerprint density at radius 1 is 1.35 bits per heavy atom. The quantitative estimate of drug-likeness (QED) is 0.807. The first kappa shape index (κ1) is 17.3. The molecule has 0 unspecified atom stereocenters. The van der Waals surface area contributed by atoms with Crippen molar-refractivity contribution < 1.29 is 14.4 Å². The maximum absolute atomic E-state index is 12.6. The third-order valence-electron chi connectivity index (χ3n) is 4.02. The molecule has 1 fully saturated rings. The molecule has 1 heterocycles. The van der Waals surface area contributed by atoms with Crippen molar-refractivity contribution in [2.24, 2.45) is 0 Å². The minimum atomic E-state index is -1.20. The van der Waals surface area contributed by atoms with Crippen LogP contribution in [0.25, 0.3) is 0 Å². The summed E-state index contributed by atoms with van der Waals surface area (Å²) in [7, 11) is 0. The van der Waals surface area contributed by atoms with Gasteiger partial charge in [-0.05, 0) is 38.0 Å². The molecule has 0 saturated carbocycles. The Kier molecular flexibility index (Phi) is 4.94. The number of nitrogens with zero attached hydrogens (tertiary/aromatic N) is 1. The van der Waals surface area contributed by atoms with Crippen LogP contribution >= 0.6 is 11.6 Å². The molecule has 0 radical (unpaired) electrons. The summed E-state index contributed by atoms with van der Waals surface area (Å²) in [6, 6.07) is 6.09. The largest absolute Gasteiger partial charge is 0.352 e. The zero-order chi connectivity index (χ0) is 17.2. The van der Waals surface area contributed by atoms with Gasteiger partial charge in [-0.15, -0.1) is 0 Å². The maximum atomic E-state index is 12.6. The summed E-state index contributed by atoms with van der Waals surface area (Å²) < 4.78 is 0. The van der Waals surface area contributed by atoms with Gasteiger partial charge >= 0.3 is 6.03 Å². The molecule has 1 saturated heterocycles. The molecular weight excluding hydrogens is 318 g/mol. The zero-order valence-electron chi connectivity index (χ0n) is 13.4. The van der Waals surface area contributed by atoms with Crippen LogP contribution in [0, 0.1) is 0 Å². The molecule has 1 aliphatic rings. The minimum Gasteiger partial charge on any atom is -0.352 e. The van der Waals surface area contributed by atoms with Crippen LogP contribution in [-0.4, -0.2) is 35.3 Å². The third kappa shape index (κ3) is 3.47. The fourth-order valence-corrected chi connectivity index (χ4v) is 2.51. The second kappa shape index (κ2) is 6.58. The van der Waals surface area contributed by atoms with E-state index in [0.29, 0.717) is 10.6 Å². The van der Waals surface area contributed by atoms with Gasteiger partial charge in [0.25, 0.3) is 5.91 Å². The van der Waals surface area contributed by atoms with Gasteiger partial charge in [-0.2, -0.15) is 0 Å². The predicted molar refractivity (Wildman–Crippen MR) is 86.9 cm³/mol. The Labute approximate surface area is 140 Å². The molecule has 6 nitrogen and oxygen atoms in total. The highest BCUT2D eigenvalue weighted by Gasteiger charge is 2.49. The number of urea groups is 1. The van der Waals surface area contributed by atoms with Gasteiger partial charge in [0.05, 0.1) is 0 Å². The Morgan fingerprint density at radius 3 is 2.52 bits per heavy atom. The Balaban J connectivity index is 2.16. The fourth-order valence-electron chi connectivity index (χ4n) is 2.39. The second-order valence-electron chi connectivity index (χ2n) is 5.83. The highest BCUT2D eigenvalue weighted by atomic mass is 35.5. The number of rotatable bonds is 5. The number of carbonyl (C=O) groups is 3. The van der Waals surface area contributed by atoms with Gasteiger partial charge in [-0.3, -0.25) is 14.5 Å². The molecule has 4 amide bonds. The van der Waals surface area contributed by atoms with Gasteiger partial charge in [0.15, 0.2) is 0 Å². The van der Waals surface area contributed by atoms with Gasteiger partial charge in [0, 0.05) is 11.1 Å². The standard InChI is InChI=1S/C16H20ClN3O3/c1-4-10(2)18-13(21)9-20-14(22)16(3,19-15(20)23)11-5-7-12(17)8-6-11/h5-8,10H,4,9H2,1-3H3,(H,18,21)(H,19,23)/t10-,16-/m0/s1. The zero-order valence-corrected chi connectivity index (χ0v) is 14.1. The minimum absolute atomic E-state index is 0.00841. The normalized spacial score (nSPS) is 22.0. The van der Waals surface area contributed by atoms with Gasteiger partial charge in [0.2, 0.25) is 5.91 Å². The summed E-state index contributed by atoms with van der Waals surface area (Å²) in [5, 5.41) is 5.94. The van der Waals surface area contributed by atoms with Gasteiger partial charge < -0.3 is 10.6 Å². The molecular formula is C16H20ClN3O3. The summed E-state index contributed by atoms with van der Waals surface area (Å²) in [4.78, 5) is 37.6. The molecule has 0 aliphatic carbocycles. The number of halogens is 1. The maximum Gasteiger partial charge on any atom is 0.325 e. The first-order valence-corrected chi connectivity index (χ1v) is 7.85. The van der Waals surface area contributed by atoms with Crippen molar-refractivity contribution in [2.75, 3.05) is 6.54 Å². The van der Waals surface area contributed by atoms with Crippen LogP contribution in [0.4, 0.5) is 4.79 Å². The van der Waals surface area contributed by atoms with Crippen LogP contribution in [0.2, 0.25) is 5.02 Å². The predicted octanol–water partition coefficient (Wildman–Crippen LogP) is 2.02. The number of nitrogens with one attached hydrogen (secondary N) is 2. The molecule has 7 heteroatoms. The SMILES string of the molecule is CC[C@H](C)NC(=O)CN1C(=O)N[C@@](C)(c2ccc(Cl)cc2)C1=O. The van der Waals surface area contributed by atoms with E-state index in [9.17, 15) is 14.4 Å². The van der Waals surface area contributed by atoms with Crippen LogP contribution in [0.1, 0.15) is 32.8 Å². The molecule has 23 heavy (non-hydrogen) atoms. The van der Waals surface area contributed by atoms with Crippen LogP contribution in [0.3, 0.4) is 0 Å². The van der Waals surface area contributed by atoms with E-state index in [1.54, 1.807) is 31.2 Å². The lowest BCUT2D eigenvalue weighted by Gasteiger charge is -2.22. The Hall–Kier alpha value is -2.08. The van der Waals surface area contributed by atoms with Crippen LogP contribution < -0.4 is 10.6 Å². The van der Waals surface area contributed by atoms with E-state index in [1.807, 2.05) is 13.8 Å². The highest BCUT2D eigenvalue weighted by molar-refractivity contribution is 6.30. The molecule has 0 bridgehead atoms. The van der Waals surface area contributed by atoms with E-state index in [-0.39, 0.29) is 18.5 Å². The van der Waals surface area contributed by atoms with Crippen LogP contribution in [-0.2, 0) is 15.1 Å². The third-order valence-corrected chi connectivity index (χ3v) is 4.27. The topological polar surface area (TPSA) is 78.5 Å². The van der Waals surface area contributed by atoms with E-state index in [0.717, 1.165) is 11.3 Å². The summed E-state index contributed by atoms with van der Waals surface area (Å²) >= 11 is 5.85. The molecule has 1 aliphatic heterocycles. The molecule has 2 N–H and O–H groups in total. The Morgan fingerprint density at radius 2 is 1.96 bits per heavy atom. The van der Waals surface area contributed by atoms with Gasteiger partial charge in [0.1, 0.15) is 12.1 Å². The summed E-state index contributed by atoms with van der Waals surface area (Å²) in [5.74, 6) is -0.813. The lowest BCUT2D eigenvalue weighted by atomic mass is 9.92.